The fourth-order valence-electron chi connectivity index (χ4n) is 1.54. The molecule has 0 unspecified atom stereocenters. The van der Waals surface area contributed by atoms with Crippen LogP contribution in [0, 0.1) is 13.8 Å². The van der Waals surface area contributed by atoms with Crippen molar-refractivity contribution in [1.29, 1.82) is 0 Å². The van der Waals surface area contributed by atoms with Crippen molar-refractivity contribution >= 4 is 27.5 Å². The van der Waals surface area contributed by atoms with Gasteiger partial charge >= 0.3 is 0 Å². The number of aromatic nitrogens is 2. The lowest BCUT2D eigenvalue weighted by Gasteiger charge is -2.06. The van der Waals surface area contributed by atoms with Crippen LogP contribution in [-0.2, 0) is 5.33 Å². The van der Waals surface area contributed by atoms with Crippen LogP contribution in [-0.4, -0.2) is 9.78 Å². The molecule has 0 fully saturated rings. The molecule has 0 N–H and O–H groups in total. The molecule has 0 aliphatic rings. The Morgan fingerprint density at radius 2 is 2.12 bits per heavy atom. The van der Waals surface area contributed by atoms with Gasteiger partial charge in [-0.15, -0.1) is 0 Å². The van der Waals surface area contributed by atoms with E-state index in [0.717, 1.165) is 16.7 Å². The summed E-state index contributed by atoms with van der Waals surface area (Å²) in [5, 5.41) is 5.92. The molecule has 0 radical (unpaired) electrons. The second kappa shape index (κ2) is 4.60. The van der Waals surface area contributed by atoms with E-state index in [2.05, 4.69) is 40.1 Å². The molecule has 0 spiro atoms. The zero-order valence-electron chi connectivity index (χ0n) is 9.17. The van der Waals surface area contributed by atoms with Crippen LogP contribution in [0.25, 0.3) is 5.69 Å². The van der Waals surface area contributed by atoms with Crippen LogP contribution in [0.5, 0.6) is 0 Å². The molecule has 16 heavy (non-hydrogen) atoms. The van der Waals surface area contributed by atoms with Gasteiger partial charge in [-0.2, -0.15) is 5.10 Å². The Balaban J connectivity index is 2.45. The molecule has 4 heteroatoms. The van der Waals surface area contributed by atoms with Crippen LogP contribution in [0.1, 0.15) is 16.8 Å². The van der Waals surface area contributed by atoms with E-state index in [0.29, 0.717) is 5.02 Å². The van der Waals surface area contributed by atoms with Crippen LogP contribution in [0.2, 0.25) is 5.02 Å². The van der Waals surface area contributed by atoms with Gasteiger partial charge in [0.2, 0.25) is 0 Å². The summed E-state index contributed by atoms with van der Waals surface area (Å²) in [6, 6.07) is 6.26. The highest BCUT2D eigenvalue weighted by Crippen LogP contribution is 2.19. The quantitative estimate of drug-likeness (QED) is 0.765. The predicted octanol–water partition coefficient (Wildman–Crippen LogP) is 4.04. The van der Waals surface area contributed by atoms with Crippen molar-refractivity contribution in [2.24, 2.45) is 0 Å². The summed E-state index contributed by atoms with van der Waals surface area (Å²) in [6.45, 7) is 4.00. The van der Waals surface area contributed by atoms with Gasteiger partial charge in [0.25, 0.3) is 0 Å². The van der Waals surface area contributed by atoms with Crippen LogP contribution < -0.4 is 0 Å². The molecule has 0 saturated carbocycles. The van der Waals surface area contributed by atoms with Crippen LogP contribution >= 0.6 is 27.5 Å². The Morgan fingerprint density at radius 3 is 2.62 bits per heavy atom. The van der Waals surface area contributed by atoms with E-state index in [1.165, 1.54) is 11.1 Å². The van der Waals surface area contributed by atoms with E-state index < -0.39 is 0 Å². The minimum atomic E-state index is 0.697. The predicted molar refractivity (Wildman–Crippen MR) is 70.7 cm³/mol. The van der Waals surface area contributed by atoms with Crippen LogP contribution in [0.15, 0.2) is 24.4 Å². The lowest BCUT2D eigenvalue weighted by atomic mass is 10.1. The van der Waals surface area contributed by atoms with E-state index in [-0.39, 0.29) is 0 Å². The largest absolute Gasteiger partial charge is 0.239 e. The standard InChI is InChI=1S/C12H12BrClN2/c1-8-5-11(4-3-10(8)6-13)16-7-12(14)9(2)15-16/h3-5,7H,6H2,1-2H3. The fraction of sp³-hybridized carbons (Fsp3) is 0.250. The average Bonchev–Trinajstić information content (AvgIpc) is 2.59. The van der Waals surface area contributed by atoms with E-state index in [4.69, 9.17) is 11.6 Å². The molecule has 2 rings (SSSR count). The highest BCUT2D eigenvalue weighted by atomic mass is 79.9. The van der Waals surface area contributed by atoms with E-state index >= 15 is 0 Å². The summed E-state index contributed by atoms with van der Waals surface area (Å²) in [5.41, 5.74) is 4.43. The minimum absolute atomic E-state index is 0.697. The number of rotatable bonds is 2. The SMILES string of the molecule is Cc1cc(-n2cc(Cl)c(C)n2)ccc1CBr. The van der Waals surface area contributed by atoms with Crippen molar-refractivity contribution < 1.29 is 0 Å². The Kier molecular flexibility index (Phi) is 3.36. The molecule has 0 amide bonds. The number of alkyl halides is 1. The smallest absolute Gasteiger partial charge is 0.0819 e. The molecule has 0 aliphatic carbocycles. The minimum Gasteiger partial charge on any atom is -0.239 e. The number of benzene rings is 1. The molecule has 0 aliphatic heterocycles. The molecule has 1 aromatic carbocycles. The number of hydrogen-bond donors (Lipinski definition) is 0. The van der Waals surface area contributed by atoms with Gasteiger partial charge in [0.1, 0.15) is 0 Å². The summed E-state index contributed by atoms with van der Waals surface area (Å²) in [5.74, 6) is 0. The monoisotopic (exact) mass is 298 g/mol. The fourth-order valence-corrected chi connectivity index (χ4v) is 2.30. The molecule has 2 nitrogen and oxygen atoms in total. The first-order valence-corrected chi connectivity index (χ1v) is 6.49. The summed E-state index contributed by atoms with van der Waals surface area (Å²) in [7, 11) is 0. The summed E-state index contributed by atoms with van der Waals surface area (Å²) in [6.07, 6.45) is 1.83. The van der Waals surface area contributed by atoms with Gasteiger partial charge in [-0.3, -0.25) is 0 Å². The van der Waals surface area contributed by atoms with Gasteiger partial charge in [0.05, 0.1) is 16.4 Å². The van der Waals surface area contributed by atoms with Crippen molar-refractivity contribution in [3.05, 3.63) is 46.2 Å². The first-order valence-electron chi connectivity index (χ1n) is 4.99. The van der Waals surface area contributed by atoms with Gasteiger partial charge < -0.3 is 0 Å². The molecular weight excluding hydrogens is 288 g/mol. The Hall–Kier alpha value is -0.800. The first kappa shape index (κ1) is 11.7. The van der Waals surface area contributed by atoms with Gasteiger partial charge in [-0.1, -0.05) is 33.6 Å². The molecule has 2 aromatic rings. The summed E-state index contributed by atoms with van der Waals surface area (Å²) in [4.78, 5) is 0. The van der Waals surface area contributed by atoms with Gasteiger partial charge in [0.15, 0.2) is 0 Å². The molecule has 0 bridgehead atoms. The van der Waals surface area contributed by atoms with Gasteiger partial charge in [-0.25, -0.2) is 4.68 Å². The molecule has 0 atom stereocenters. The topological polar surface area (TPSA) is 17.8 Å². The van der Waals surface area contributed by atoms with E-state index in [1.807, 2.05) is 23.9 Å². The number of halogens is 2. The molecule has 1 aromatic heterocycles. The Bertz CT molecular complexity index is 500. The Labute approximate surface area is 108 Å². The maximum absolute atomic E-state index is 5.99. The molecule has 1 heterocycles. The Morgan fingerprint density at radius 1 is 1.38 bits per heavy atom. The second-order valence-corrected chi connectivity index (χ2v) is 4.72. The number of hydrogen-bond acceptors (Lipinski definition) is 1. The van der Waals surface area contributed by atoms with Crippen LogP contribution in [0.3, 0.4) is 0 Å². The van der Waals surface area contributed by atoms with Crippen LogP contribution in [0.4, 0.5) is 0 Å². The van der Waals surface area contributed by atoms with Gasteiger partial charge in [-0.05, 0) is 37.1 Å². The summed E-state index contributed by atoms with van der Waals surface area (Å²) < 4.78 is 1.81. The zero-order chi connectivity index (χ0) is 11.7. The number of nitrogens with zero attached hydrogens (tertiary/aromatic N) is 2. The second-order valence-electron chi connectivity index (χ2n) is 3.75. The molecular formula is C12H12BrClN2. The lowest BCUT2D eigenvalue weighted by molar-refractivity contribution is 0.860. The highest BCUT2D eigenvalue weighted by molar-refractivity contribution is 9.08. The normalized spacial score (nSPS) is 10.8. The summed E-state index contributed by atoms with van der Waals surface area (Å²) >= 11 is 9.45. The van der Waals surface area contributed by atoms with Crippen molar-refractivity contribution in [1.82, 2.24) is 9.78 Å². The third-order valence-corrected chi connectivity index (χ3v) is 3.55. The number of aryl methyl sites for hydroxylation is 2. The zero-order valence-corrected chi connectivity index (χ0v) is 11.5. The van der Waals surface area contributed by atoms with E-state index in [1.54, 1.807) is 0 Å². The highest BCUT2D eigenvalue weighted by Gasteiger charge is 2.05. The van der Waals surface area contributed by atoms with E-state index in [9.17, 15) is 0 Å². The maximum atomic E-state index is 5.99. The first-order chi connectivity index (χ1) is 7.61. The maximum Gasteiger partial charge on any atom is 0.0819 e. The van der Waals surface area contributed by atoms with Gasteiger partial charge in [0, 0.05) is 11.5 Å². The van der Waals surface area contributed by atoms with Crippen molar-refractivity contribution in [2.75, 3.05) is 0 Å². The third kappa shape index (κ3) is 2.15. The van der Waals surface area contributed by atoms with Crippen molar-refractivity contribution in [3.63, 3.8) is 0 Å². The molecule has 0 saturated heterocycles. The molecule has 84 valence electrons. The third-order valence-electron chi connectivity index (χ3n) is 2.57. The van der Waals surface area contributed by atoms with Crippen molar-refractivity contribution in [3.8, 4) is 5.69 Å². The van der Waals surface area contributed by atoms with Crippen molar-refractivity contribution in [2.45, 2.75) is 19.2 Å². The lowest BCUT2D eigenvalue weighted by Crippen LogP contribution is -1.96. The average molecular weight is 300 g/mol.